The largest absolute Gasteiger partial charge is 0.619 e. The number of nitriles is 1. The standard InChI is InChI=1S/C12H8N2O2/c13-8-10-3-5-11(6-4-10)16-12-2-1-7-14(15)9-12/h1-7,9H. The molecule has 4 nitrogen and oxygen atoms in total. The van der Waals surface area contributed by atoms with Gasteiger partial charge in [0.2, 0.25) is 6.20 Å². The molecule has 0 aliphatic carbocycles. The zero-order valence-electron chi connectivity index (χ0n) is 8.33. The summed E-state index contributed by atoms with van der Waals surface area (Å²) in [4.78, 5) is 0. The number of pyridine rings is 1. The molecule has 0 saturated carbocycles. The molecule has 78 valence electrons. The highest BCUT2D eigenvalue weighted by atomic mass is 16.5. The van der Waals surface area contributed by atoms with E-state index in [0.717, 1.165) is 0 Å². The topological polar surface area (TPSA) is 60.0 Å². The lowest BCUT2D eigenvalue weighted by atomic mass is 10.2. The van der Waals surface area contributed by atoms with Crippen molar-refractivity contribution in [2.24, 2.45) is 0 Å². The first-order valence-electron chi connectivity index (χ1n) is 4.65. The minimum absolute atomic E-state index is 0.460. The molecule has 0 saturated heterocycles. The van der Waals surface area contributed by atoms with Crippen LogP contribution < -0.4 is 9.47 Å². The summed E-state index contributed by atoms with van der Waals surface area (Å²) in [6.07, 6.45) is 2.71. The lowest BCUT2D eigenvalue weighted by molar-refractivity contribution is -0.605. The minimum atomic E-state index is 0.460. The van der Waals surface area contributed by atoms with E-state index in [0.29, 0.717) is 21.8 Å². The van der Waals surface area contributed by atoms with Crippen molar-refractivity contribution in [1.82, 2.24) is 0 Å². The summed E-state index contributed by atoms with van der Waals surface area (Å²) in [6.45, 7) is 0. The number of aromatic nitrogens is 1. The normalized spacial score (nSPS) is 9.44. The summed E-state index contributed by atoms with van der Waals surface area (Å²) >= 11 is 0. The van der Waals surface area contributed by atoms with Crippen LogP contribution in [0.25, 0.3) is 0 Å². The van der Waals surface area contributed by atoms with Crippen LogP contribution in [-0.2, 0) is 0 Å². The maximum Gasteiger partial charge on any atom is 0.223 e. The van der Waals surface area contributed by atoms with Gasteiger partial charge in [0.25, 0.3) is 0 Å². The maximum absolute atomic E-state index is 11.0. The van der Waals surface area contributed by atoms with Gasteiger partial charge < -0.3 is 9.94 Å². The van der Waals surface area contributed by atoms with Gasteiger partial charge in [-0.15, -0.1) is 0 Å². The SMILES string of the molecule is N#Cc1ccc(Oc2ccc[n+]([O-])c2)cc1. The number of hydrogen-bond acceptors (Lipinski definition) is 3. The van der Waals surface area contributed by atoms with Crippen molar-refractivity contribution in [2.75, 3.05) is 0 Å². The van der Waals surface area contributed by atoms with Crippen molar-refractivity contribution < 1.29 is 9.47 Å². The Morgan fingerprint density at radius 3 is 2.50 bits per heavy atom. The van der Waals surface area contributed by atoms with Crippen molar-refractivity contribution in [3.05, 3.63) is 59.6 Å². The van der Waals surface area contributed by atoms with Crippen LogP contribution >= 0.6 is 0 Å². The van der Waals surface area contributed by atoms with Crippen LogP contribution in [0.1, 0.15) is 5.56 Å². The Bertz CT molecular complexity index is 529. The molecule has 0 fully saturated rings. The summed E-state index contributed by atoms with van der Waals surface area (Å²) in [5.41, 5.74) is 0.569. The molecular formula is C12H8N2O2. The van der Waals surface area contributed by atoms with Gasteiger partial charge in [-0.25, -0.2) is 0 Å². The molecule has 4 heteroatoms. The molecule has 2 rings (SSSR count). The van der Waals surface area contributed by atoms with E-state index in [1.807, 2.05) is 6.07 Å². The van der Waals surface area contributed by atoms with E-state index in [2.05, 4.69) is 0 Å². The van der Waals surface area contributed by atoms with Gasteiger partial charge in [0.15, 0.2) is 11.9 Å². The highest BCUT2D eigenvalue weighted by Crippen LogP contribution is 2.19. The zero-order chi connectivity index (χ0) is 11.4. The number of hydrogen-bond donors (Lipinski definition) is 0. The van der Waals surface area contributed by atoms with Crippen LogP contribution in [0.3, 0.4) is 0 Å². The molecule has 1 aromatic carbocycles. The molecule has 0 atom stereocenters. The lowest BCUT2D eigenvalue weighted by Crippen LogP contribution is -2.23. The Kier molecular flexibility index (Phi) is 2.70. The fourth-order valence-electron chi connectivity index (χ4n) is 1.23. The van der Waals surface area contributed by atoms with Crippen molar-refractivity contribution in [1.29, 1.82) is 5.26 Å². The molecule has 1 aromatic heterocycles. The van der Waals surface area contributed by atoms with E-state index in [1.165, 1.54) is 12.4 Å². The first kappa shape index (κ1) is 9.99. The summed E-state index contributed by atoms with van der Waals surface area (Å²) in [5.74, 6) is 1.05. The Labute approximate surface area is 92.5 Å². The third-order valence-electron chi connectivity index (χ3n) is 1.97. The van der Waals surface area contributed by atoms with E-state index in [-0.39, 0.29) is 0 Å². The Morgan fingerprint density at radius 1 is 1.12 bits per heavy atom. The van der Waals surface area contributed by atoms with Crippen molar-refractivity contribution in [2.45, 2.75) is 0 Å². The first-order chi connectivity index (χ1) is 7.78. The molecule has 0 aliphatic rings. The molecule has 0 spiro atoms. The van der Waals surface area contributed by atoms with Crippen LogP contribution in [0.5, 0.6) is 11.5 Å². The van der Waals surface area contributed by atoms with E-state index in [4.69, 9.17) is 10.00 Å². The molecule has 2 aromatic rings. The van der Waals surface area contributed by atoms with Gasteiger partial charge in [0.05, 0.1) is 11.6 Å². The maximum atomic E-state index is 11.0. The van der Waals surface area contributed by atoms with Crippen molar-refractivity contribution in [3.8, 4) is 17.6 Å². The Morgan fingerprint density at radius 2 is 1.88 bits per heavy atom. The quantitative estimate of drug-likeness (QED) is 0.565. The molecule has 0 radical (unpaired) electrons. The lowest BCUT2D eigenvalue weighted by Gasteiger charge is -2.04. The van der Waals surface area contributed by atoms with Gasteiger partial charge in [-0.05, 0) is 30.3 Å². The van der Waals surface area contributed by atoms with Crippen molar-refractivity contribution >= 4 is 0 Å². The summed E-state index contributed by atoms with van der Waals surface area (Å²) in [7, 11) is 0. The van der Waals surface area contributed by atoms with Crippen LogP contribution in [0, 0.1) is 16.5 Å². The van der Waals surface area contributed by atoms with Gasteiger partial charge in [0, 0.05) is 6.07 Å². The summed E-state index contributed by atoms with van der Waals surface area (Å²) < 4.78 is 6.09. The fraction of sp³-hybridized carbons (Fsp3) is 0. The smallest absolute Gasteiger partial charge is 0.223 e. The summed E-state index contributed by atoms with van der Waals surface area (Å²) in [5, 5.41) is 19.6. The third-order valence-corrected chi connectivity index (χ3v) is 1.97. The molecular weight excluding hydrogens is 204 g/mol. The highest BCUT2D eigenvalue weighted by molar-refractivity contribution is 5.36. The Hall–Kier alpha value is -2.54. The fourth-order valence-corrected chi connectivity index (χ4v) is 1.23. The van der Waals surface area contributed by atoms with Gasteiger partial charge in [-0.3, -0.25) is 0 Å². The van der Waals surface area contributed by atoms with Crippen LogP contribution in [0.15, 0.2) is 48.8 Å². The average molecular weight is 212 g/mol. The summed E-state index contributed by atoms with van der Waals surface area (Å²) in [6, 6.07) is 12.0. The molecule has 0 N–H and O–H groups in total. The van der Waals surface area contributed by atoms with Gasteiger partial charge >= 0.3 is 0 Å². The second kappa shape index (κ2) is 4.32. The van der Waals surface area contributed by atoms with Crippen LogP contribution in [0.2, 0.25) is 0 Å². The zero-order valence-corrected chi connectivity index (χ0v) is 8.33. The van der Waals surface area contributed by atoms with Crippen molar-refractivity contribution in [3.63, 3.8) is 0 Å². The average Bonchev–Trinajstić information content (AvgIpc) is 2.30. The predicted molar refractivity (Wildman–Crippen MR) is 56.6 cm³/mol. The minimum Gasteiger partial charge on any atom is -0.619 e. The first-order valence-corrected chi connectivity index (χ1v) is 4.65. The molecule has 0 unspecified atom stereocenters. The Balaban J connectivity index is 2.18. The van der Waals surface area contributed by atoms with Gasteiger partial charge in [-0.1, -0.05) is 0 Å². The second-order valence-corrected chi connectivity index (χ2v) is 3.14. The molecule has 0 amide bonds. The molecule has 1 heterocycles. The van der Waals surface area contributed by atoms with E-state index >= 15 is 0 Å². The van der Waals surface area contributed by atoms with Crippen LogP contribution in [-0.4, -0.2) is 0 Å². The van der Waals surface area contributed by atoms with E-state index < -0.39 is 0 Å². The molecule has 0 aliphatic heterocycles. The molecule has 16 heavy (non-hydrogen) atoms. The predicted octanol–water partition coefficient (Wildman–Crippen LogP) is 1.98. The molecule has 0 bridgehead atoms. The highest BCUT2D eigenvalue weighted by Gasteiger charge is 2.00. The van der Waals surface area contributed by atoms with Gasteiger partial charge in [-0.2, -0.15) is 9.99 Å². The second-order valence-electron chi connectivity index (χ2n) is 3.14. The monoisotopic (exact) mass is 212 g/mol. The van der Waals surface area contributed by atoms with Crippen LogP contribution in [0.4, 0.5) is 0 Å². The number of ether oxygens (including phenoxy) is 1. The third kappa shape index (κ3) is 2.28. The number of benzene rings is 1. The van der Waals surface area contributed by atoms with E-state index in [9.17, 15) is 5.21 Å². The number of rotatable bonds is 2. The number of nitrogens with zero attached hydrogens (tertiary/aromatic N) is 2. The van der Waals surface area contributed by atoms with Gasteiger partial charge in [0.1, 0.15) is 5.75 Å². The van der Waals surface area contributed by atoms with E-state index in [1.54, 1.807) is 36.4 Å².